The number of carbonyl (C=O) groups excluding carboxylic acids is 1. The minimum atomic E-state index is -0.306. The molecule has 29 heavy (non-hydrogen) atoms. The van der Waals surface area contributed by atoms with Crippen LogP contribution in [0.3, 0.4) is 0 Å². The molecule has 0 bridgehead atoms. The fourth-order valence-corrected chi connectivity index (χ4v) is 2.91. The number of carbonyl (C=O) groups is 1. The van der Waals surface area contributed by atoms with Gasteiger partial charge in [0.1, 0.15) is 5.75 Å². The first-order valence-corrected chi connectivity index (χ1v) is 9.67. The average molecular weight is 394 g/mol. The Bertz CT molecular complexity index is 951. The van der Waals surface area contributed by atoms with Gasteiger partial charge in [0, 0.05) is 25.8 Å². The first-order valence-electron chi connectivity index (χ1n) is 9.67. The van der Waals surface area contributed by atoms with E-state index in [0.717, 1.165) is 29.0 Å². The minimum absolute atomic E-state index is 0.132. The van der Waals surface area contributed by atoms with Crippen molar-refractivity contribution < 1.29 is 14.3 Å². The van der Waals surface area contributed by atoms with E-state index in [4.69, 9.17) is 9.47 Å². The summed E-state index contributed by atoms with van der Waals surface area (Å²) >= 11 is 0. The van der Waals surface area contributed by atoms with Crippen LogP contribution < -0.4 is 10.1 Å². The van der Waals surface area contributed by atoms with Gasteiger partial charge in [-0.05, 0) is 50.6 Å². The lowest BCUT2D eigenvalue weighted by Gasteiger charge is -2.08. The molecule has 0 saturated heterocycles. The van der Waals surface area contributed by atoms with E-state index in [1.807, 2.05) is 62.4 Å². The normalized spacial score (nSPS) is 10.7. The van der Waals surface area contributed by atoms with Gasteiger partial charge >= 0.3 is 0 Å². The minimum Gasteiger partial charge on any atom is -0.494 e. The molecule has 0 aliphatic heterocycles. The molecular formula is C22H26N4O3. The Balaban J connectivity index is 1.94. The second kappa shape index (κ2) is 9.84. The van der Waals surface area contributed by atoms with Crippen molar-refractivity contribution in [3.63, 3.8) is 0 Å². The number of ether oxygens (including phenoxy) is 2. The van der Waals surface area contributed by atoms with Crippen molar-refractivity contribution in [3.05, 3.63) is 59.9 Å². The van der Waals surface area contributed by atoms with Crippen LogP contribution in [0, 0.1) is 6.92 Å². The Kier molecular flexibility index (Phi) is 6.97. The molecule has 3 rings (SSSR count). The van der Waals surface area contributed by atoms with Crippen LogP contribution in [0.25, 0.3) is 17.1 Å². The molecule has 1 amide bonds. The van der Waals surface area contributed by atoms with Gasteiger partial charge in [-0.2, -0.15) is 0 Å². The molecule has 7 heteroatoms. The highest BCUT2D eigenvalue weighted by molar-refractivity contribution is 5.91. The summed E-state index contributed by atoms with van der Waals surface area (Å²) in [4.78, 5) is 17.1. The molecule has 0 aliphatic carbocycles. The molecule has 0 unspecified atom stereocenters. The summed E-state index contributed by atoms with van der Waals surface area (Å²) in [5.41, 5.74) is 2.80. The van der Waals surface area contributed by atoms with E-state index in [-0.39, 0.29) is 11.7 Å². The van der Waals surface area contributed by atoms with E-state index >= 15 is 0 Å². The summed E-state index contributed by atoms with van der Waals surface area (Å²) in [6.07, 6.45) is 0.729. The van der Waals surface area contributed by atoms with Crippen LogP contribution in [0.1, 0.15) is 29.5 Å². The van der Waals surface area contributed by atoms with Gasteiger partial charge in [0.2, 0.25) is 5.82 Å². The Morgan fingerprint density at radius 1 is 1.17 bits per heavy atom. The number of methoxy groups -OCH3 is 1. The van der Waals surface area contributed by atoms with Crippen LogP contribution in [0.15, 0.2) is 48.5 Å². The second-order valence-corrected chi connectivity index (χ2v) is 6.57. The summed E-state index contributed by atoms with van der Waals surface area (Å²) in [5.74, 6) is 1.22. The average Bonchev–Trinajstić information content (AvgIpc) is 3.17. The summed E-state index contributed by atoms with van der Waals surface area (Å²) in [5, 5.41) is 7.32. The number of benzene rings is 2. The molecule has 1 heterocycles. The van der Waals surface area contributed by atoms with Crippen molar-refractivity contribution in [2.45, 2.75) is 20.3 Å². The number of rotatable bonds is 9. The maximum atomic E-state index is 12.5. The number of nitrogens with zero attached hydrogens (tertiary/aromatic N) is 3. The van der Waals surface area contributed by atoms with Crippen LogP contribution in [-0.4, -0.2) is 47.5 Å². The maximum Gasteiger partial charge on any atom is 0.290 e. The molecule has 3 aromatic rings. The fraction of sp³-hybridized carbons (Fsp3) is 0.318. The highest BCUT2D eigenvalue weighted by Crippen LogP contribution is 2.23. The third kappa shape index (κ3) is 5.20. The van der Waals surface area contributed by atoms with Crippen molar-refractivity contribution in [1.29, 1.82) is 0 Å². The van der Waals surface area contributed by atoms with Crippen molar-refractivity contribution >= 4 is 5.91 Å². The first-order chi connectivity index (χ1) is 14.1. The highest BCUT2D eigenvalue weighted by Gasteiger charge is 2.18. The van der Waals surface area contributed by atoms with Crippen molar-refractivity contribution in [3.8, 4) is 22.8 Å². The van der Waals surface area contributed by atoms with E-state index < -0.39 is 0 Å². The molecular weight excluding hydrogens is 368 g/mol. The zero-order valence-electron chi connectivity index (χ0n) is 17.0. The summed E-state index contributed by atoms with van der Waals surface area (Å²) in [6.45, 7) is 5.65. The van der Waals surface area contributed by atoms with E-state index in [1.165, 1.54) is 0 Å². The molecule has 0 atom stereocenters. The summed E-state index contributed by atoms with van der Waals surface area (Å²) < 4.78 is 12.2. The molecule has 0 fully saturated rings. The predicted octanol–water partition coefficient (Wildman–Crippen LogP) is 3.41. The molecule has 0 saturated carbocycles. The summed E-state index contributed by atoms with van der Waals surface area (Å²) in [7, 11) is 1.63. The van der Waals surface area contributed by atoms with Crippen LogP contribution in [0.4, 0.5) is 0 Å². The van der Waals surface area contributed by atoms with Crippen molar-refractivity contribution in [1.82, 2.24) is 20.1 Å². The predicted molar refractivity (Wildman–Crippen MR) is 112 cm³/mol. The maximum absolute atomic E-state index is 12.5. The third-order valence-electron chi connectivity index (χ3n) is 4.29. The second-order valence-electron chi connectivity index (χ2n) is 6.57. The van der Waals surface area contributed by atoms with E-state index in [0.29, 0.717) is 25.6 Å². The van der Waals surface area contributed by atoms with E-state index in [2.05, 4.69) is 15.4 Å². The number of amides is 1. The Labute approximate surface area is 170 Å². The van der Waals surface area contributed by atoms with Gasteiger partial charge in [-0.3, -0.25) is 4.79 Å². The zero-order valence-corrected chi connectivity index (χ0v) is 17.0. The Morgan fingerprint density at radius 2 is 1.97 bits per heavy atom. The molecule has 0 spiro atoms. The number of hydrogen-bond acceptors (Lipinski definition) is 5. The van der Waals surface area contributed by atoms with Gasteiger partial charge in [0.25, 0.3) is 5.91 Å². The standard InChI is InChI=1S/C22H26N4O3/c1-4-29-19-11-9-18(10-12-19)26-21(17-8-5-7-16(2)15-17)24-20(25-26)22(27)23-13-6-14-28-3/h5,7-12,15H,4,6,13-14H2,1-3H3,(H,23,27). The molecule has 1 aromatic heterocycles. The van der Waals surface area contributed by atoms with Gasteiger partial charge in [-0.15, -0.1) is 5.10 Å². The molecule has 7 nitrogen and oxygen atoms in total. The van der Waals surface area contributed by atoms with Crippen LogP contribution in [-0.2, 0) is 4.74 Å². The number of aryl methyl sites for hydroxylation is 1. The smallest absolute Gasteiger partial charge is 0.290 e. The largest absolute Gasteiger partial charge is 0.494 e. The monoisotopic (exact) mass is 394 g/mol. The number of hydrogen-bond donors (Lipinski definition) is 1. The van der Waals surface area contributed by atoms with Crippen molar-refractivity contribution in [2.75, 3.05) is 26.9 Å². The molecule has 0 aliphatic rings. The van der Waals surface area contributed by atoms with Gasteiger partial charge in [0.15, 0.2) is 5.82 Å². The Hall–Kier alpha value is -3.19. The summed E-state index contributed by atoms with van der Waals surface area (Å²) in [6, 6.07) is 15.5. The van der Waals surface area contributed by atoms with Gasteiger partial charge in [0.05, 0.1) is 12.3 Å². The lowest BCUT2D eigenvalue weighted by molar-refractivity contribution is 0.0938. The van der Waals surface area contributed by atoms with Gasteiger partial charge in [-0.25, -0.2) is 9.67 Å². The quantitative estimate of drug-likeness (QED) is 0.563. The van der Waals surface area contributed by atoms with Crippen LogP contribution in [0.5, 0.6) is 5.75 Å². The van der Waals surface area contributed by atoms with E-state index in [9.17, 15) is 4.79 Å². The molecule has 2 aromatic carbocycles. The lowest BCUT2D eigenvalue weighted by atomic mass is 10.1. The highest BCUT2D eigenvalue weighted by atomic mass is 16.5. The zero-order chi connectivity index (χ0) is 20.6. The first kappa shape index (κ1) is 20.5. The number of aromatic nitrogens is 3. The SMILES string of the molecule is CCOc1ccc(-n2nc(C(=O)NCCCOC)nc2-c2cccc(C)c2)cc1. The topological polar surface area (TPSA) is 78.3 Å². The van der Waals surface area contributed by atoms with Gasteiger partial charge < -0.3 is 14.8 Å². The molecule has 1 N–H and O–H groups in total. The van der Waals surface area contributed by atoms with Crippen molar-refractivity contribution in [2.24, 2.45) is 0 Å². The molecule has 152 valence electrons. The fourth-order valence-electron chi connectivity index (χ4n) is 2.91. The number of nitrogens with one attached hydrogen (secondary N) is 1. The van der Waals surface area contributed by atoms with E-state index in [1.54, 1.807) is 11.8 Å². The van der Waals surface area contributed by atoms with Gasteiger partial charge in [-0.1, -0.05) is 23.8 Å². The van der Waals surface area contributed by atoms with Crippen LogP contribution in [0.2, 0.25) is 0 Å². The third-order valence-corrected chi connectivity index (χ3v) is 4.29. The Morgan fingerprint density at radius 3 is 2.66 bits per heavy atom. The van der Waals surface area contributed by atoms with Crippen LogP contribution >= 0.6 is 0 Å². The molecule has 0 radical (unpaired) electrons. The lowest BCUT2D eigenvalue weighted by Crippen LogP contribution is -2.26.